The van der Waals surface area contributed by atoms with Crippen LogP contribution in [0.25, 0.3) is 0 Å². The van der Waals surface area contributed by atoms with Crippen LogP contribution >= 0.6 is 34.8 Å². The Balaban J connectivity index is 1.37. The van der Waals surface area contributed by atoms with Gasteiger partial charge in [0.05, 0.1) is 12.2 Å². The molecule has 0 spiro atoms. The van der Waals surface area contributed by atoms with Crippen LogP contribution in [-0.4, -0.2) is 47.5 Å². The molecule has 1 aromatic carbocycles. The van der Waals surface area contributed by atoms with Crippen LogP contribution < -0.4 is 20.9 Å². The van der Waals surface area contributed by atoms with Crippen LogP contribution in [0.4, 0.5) is 11.8 Å². The van der Waals surface area contributed by atoms with E-state index in [9.17, 15) is 9.59 Å². The average Bonchev–Trinajstić information content (AvgIpc) is 3.19. The number of halogens is 3. The van der Waals surface area contributed by atoms with Gasteiger partial charge in [-0.2, -0.15) is 4.98 Å². The Hall–Kier alpha value is -2.29. The van der Waals surface area contributed by atoms with E-state index >= 15 is 0 Å². The van der Waals surface area contributed by atoms with Crippen LogP contribution in [0.5, 0.6) is 0 Å². The first kappa shape index (κ1) is 23.9. The number of nitrogens with zero attached hydrogens (tertiary/aromatic N) is 3. The summed E-state index contributed by atoms with van der Waals surface area (Å²) in [6.45, 7) is 3.83. The van der Waals surface area contributed by atoms with Crippen molar-refractivity contribution in [3.8, 4) is 0 Å². The van der Waals surface area contributed by atoms with Crippen molar-refractivity contribution in [3.63, 3.8) is 0 Å². The molecule has 3 heterocycles. The Morgan fingerprint density at radius 3 is 2.61 bits per heavy atom. The van der Waals surface area contributed by atoms with Crippen LogP contribution in [0.2, 0.25) is 15.1 Å². The van der Waals surface area contributed by atoms with E-state index < -0.39 is 6.04 Å². The van der Waals surface area contributed by atoms with Gasteiger partial charge in [-0.15, -0.1) is 0 Å². The smallest absolute Gasteiger partial charge is 0.242 e. The first-order valence-corrected chi connectivity index (χ1v) is 12.0. The molecular formula is C22H25Cl3N6O2. The third kappa shape index (κ3) is 5.62. The standard InChI is InChI=1S/C22H25Cl3N6O2/c1-12(15-3-2-14(23)10-16(15)24)28-19-17(25)11-27-22(30-19)31-8-5-13(6-9-31)20(32)29-18-4-7-26-21(18)33/h2-3,10-13,18H,4-9H2,1H3,(H,26,33)(H,29,32)(H,27,28,30)/t12-,18+/m1/s1. The summed E-state index contributed by atoms with van der Waals surface area (Å²) in [5.74, 6) is 0.749. The molecule has 176 valence electrons. The molecule has 11 heteroatoms. The second kappa shape index (κ2) is 10.3. The molecule has 0 saturated carbocycles. The Morgan fingerprint density at radius 1 is 1.18 bits per heavy atom. The monoisotopic (exact) mass is 510 g/mol. The third-order valence-corrected chi connectivity index (χ3v) is 6.87. The number of hydrogen-bond acceptors (Lipinski definition) is 6. The summed E-state index contributed by atoms with van der Waals surface area (Å²) < 4.78 is 0. The molecule has 2 aromatic rings. The summed E-state index contributed by atoms with van der Waals surface area (Å²) in [6.07, 6.45) is 3.52. The highest BCUT2D eigenvalue weighted by atomic mass is 35.5. The molecule has 8 nitrogen and oxygen atoms in total. The number of amides is 2. The quantitative estimate of drug-likeness (QED) is 0.545. The van der Waals surface area contributed by atoms with Gasteiger partial charge < -0.3 is 20.9 Å². The number of carbonyl (C=O) groups excluding carboxylic acids is 2. The number of nitrogens with one attached hydrogen (secondary N) is 3. The molecule has 0 aliphatic carbocycles. The van der Waals surface area contributed by atoms with Crippen molar-refractivity contribution in [1.29, 1.82) is 0 Å². The molecule has 0 unspecified atom stereocenters. The lowest BCUT2D eigenvalue weighted by Crippen LogP contribution is -2.46. The van der Waals surface area contributed by atoms with Gasteiger partial charge in [-0.25, -0.2) is 4.98 Å². The normalized spacial score (nSPS) is 19.8. The van der Waals surface area contributed by atoms with Crippen LogP contribution in [0, 0.1) is 5.92 Å². The predicted molar refractivity (Wildman–Crippen MR) is 130 cm³/mol. The number of aromatic nitrogens is 2. The van der Waals surface area contributed by atoms with Crippen LogP contribution in [0.15, 0.2) is 24.4 Å². The minimum atomic E-state index is -0.417. The molecule has 2 saturated heterocycles. The SMILES string of the molecule is C[C@@H](Nc1nc(N2CCC(C(=O)N[C@H]3CCNC3=O)CC2)ncc1Cl)c1ccc(Cl)cc1Cl. The van der Waals surface area contributed by atoms with E-state index in [1.807, 2.05) is 17.9 Å². The number of benzene rings is 1. The fraction of sp³-hybridized carbons (Fsp3) is 0.455. The van der Waals surface area contributed by atoms with Gasteiger partial charge in [0.2, 0.25) is 17.8 Å². The zero-order chi connectivity index (χ0) is 23.5. The Morgan fingerprint density at radius 2 is 1.94 bits per heavy atom. The van der Waals surface area contributed by atoms with E-state index in [1.165, 1.54) is 0 Å². The maximum Gasteiger partial charge on any atom is 0.242 e. The van der Waals surface area contributed by atoms with Crippen LogP contribution in [0.3, 0.4) is 0 Å². The number of anilines is 2. The fourth-order valence-corrected chi connectivity index (χ4v) is 4.83. The highest BCUT2D eigenvalue weighted by Gasteiger charge is 2.31. The lowest BCUT2D eigenvalue weighted by molar-refractivity contribution is -0.130. The average molecular weight is 512 g/mol. The van der Waals surface area contributed by atoms with Gasteiger partial charge in [-0.1, -0.05) is 40.9 Å². The van der Waals surface area contributed by atoms with Gasteiger partial charge in [0.1, 0.15) is 11.1 Å². The number of hydrogen-bond donors (Lipinski definition) is 3. The molecule has 0 radical (unpaired) electrons. The Labute approximate surface area is 207 Å². The molecule has 2 aliphatic heterocycles. The zero-order valence-corrected chi connectivity index (χ0v) is 20.3. The first-order chi connectivity index (χ1) is 15.8. The lowest BCUT2D eigenvalue weighted by atomic mass is 9.95. The highest BCUT2D eigenvalue weighted by Crippen LogP contribution is 2.31. The van der Waals surface area contributed by atoms with E-state index in [1.54, 1.807) is 18.3 Å². The molecule has 1 aromatic heterocycles. The van der Waals surface area contributed by atoms with E-state index in [2.05, 4.69) is 25.9 Å². The van der Waals surface area contributed by atoms with E-state index in [0.717, 1.165) is 5.56 Å². The molecule has 2 amide bonds. The molecule has 3 N–H and O–H groups in total. The number of carbonyl (C=O) groups is 2. The first-order valence-electron chi connectivity index (χ1n) is 10.9. The third-order valence-electron chi connectivity index (χ3n) is 6.03. The van der Waals surface area contributed by atoms with Crippen LogP contribution in [-0.2, 0) is 9.59 Å². The summed E-state index contributed by atoms with van der Waals surface area (Å²) in [5, 5.41) is 10.4. The Bertz CT molecular complexity index is 1040. The summed E-state index contributed by atoms with van der Waals surface area (Å²) in [7, 11) is 0. The van der Waals surface area contributed by atoms with Gasteiger partial charge in [0.15, 0.2) is 5.82 Å². The van der Waals surface area contributed by atoms with Gasteiger partial charge in [-0.05, 0) is 43.9 Å². The Kier molecular flexibility index (Phi) is 7.46. The summed E-state index contributed by atoms with van der Waals surface area (Å²) in [5.41, 5.74) is 0.875. The summed E-state index contributed by atoms with van der Waals surface area (Å²) in [6, 6.07) is 4.77. The zero-order valence-electron chi connectivity index (χ0n) is 18.1. The molecule has 0 bridgehead atoms. The topological polar surface area (TPSA) is 99.3 Å². The summed E-state index contributed by atoms with van der Waals surface area (Å²) in [4.78, 5) is 35.3. The van der Waals surface area contributed by atoms with E-state index in [0.29, 0.717) is 65.7 Å². The molecule has 2 aliphatic rings. The van der Waals surface area contributed by atoms with Crippen molar-refractivity contribution in [2.24, 2.45) is 5.92 Å². The van der Waals surface area contributed by atoms with Crippen molar-refractivity contribution in [2.45, 2.75) is 38.3 Å². The second-order valence-corrected chi connectivity index (χ2v) is 9.55. The van der Waals surface area contributed by atoms with Gasteiger partial charge >= 0.3 is 0 Å². The minimum Gasteiger partial charge on any atom is -0.362 e. The van der Waals surface area contributed by atoms with E-state index in [4.69, 9.17) is 34.8 Å². The van der Waals surface area contributed by atoms with Crippen molar-refractivity contribution in [1.82, 2.24) is 20.6 Å². The maximum absolute atomic E-state index is 12.6. The highest BCUT2D eigenvalue weighted by molar-refractivity contribution is 6.35. The minimum absolute atomic E-state index is 0.0650. The van der Waals surface area contributed by atoms with Gasteiger partial charge in [0.25, 0.3) is 0 Å². The van der Waals surface area contributed by atoms with Crippen molar-refractivity contribution in [3.05, 3.63) is 45.0 Å². The largest absolute Gasteiger partial charge is 0.362 e. The molecular weight excluding hydrogens is 487 g/mol. The number of rotatable bonds is 6. The van der Waals surface area contributed by atoms with Crippen molar-refractivity contribution >= 4 is 58.4 Å². The fourth-order valence-electron chi connectivity index (χ4n) is 4.11. The predicted octanol–water partition coefficient (Wildman–Crippen LogP) is 3.83. The van der Waals surface area contributed by atoms with E-state index in [-0.39, 0.29) is 23.8 Å². The summed E-state index contributed by atoms with van der Waals surface area (Å²) >= 11 is 18.7. The molecule has 2 atom stereocenters. The maximum atomic E-state index is 12.6. The van der Waals surface area contributed by atoms with Crippen LogP contribution in [0.1, 0.15) is 37.8 Å². The number of piperidine rings is 1. The van der Waals surface area contributed by atoms with Crippen molar-refractivity contribution < 1.29 is 9.59 Å². The second-order valence-electron chi connectivity index (χ2n) is 8.30. The lowest BCUT2D eigenvalue weighted by Gasteiger charge is -2.32. The van der Waals surface area contributed by atoms with Gasteiger partial charge in [-0.3, -0.25) is 9.59 Å². The molecule has 33 heavy (non-hydrogen) atoms. The van der Waals surface area contributed by atoms with Crippen molar-refractivity contribution in [2.75, 3.05) is 29.9 Å². The molecule has 2 fully saturated rings. The molecule has 4 rings (SSSR count). The van der Waals surface area contributed by atoms with Gasteiger partial charge in [0, 0.05) is 35.6 Å².